The van der Waals surface area contributed by atoms with Crippen molar-refractivity contribution in [2.75, 3.05) is 6.61 Å². The summed E-state index contributed by atoms with van der Waals surface area (Å²) in [5, 5.41) is 0. The Morgan fingerprint density at radius 1 is 1.14 bits per heavy atom. The van der Waals surface area contributed by atoms with Crippen molar-refractivity contribution in [3.05, 3.63) is 29.8 Å². The molecule has 0 aromatic heterocycles. The van der Waals surface area contributed by atoms with Crippen molar-refractivity contribution in [2.24, 2.45) is 0 Å². The first kappa shape index (κ1) is 16.5. The Kier molecular flexibility index (Phi) is 6.19. The largest absolute Gasteiger partial charge is 0.511 e. The minimum Gasteiger partial charge on any atom is -0.435 e. The second-order valence-corrected chi connectivity index (χ2v) is 3.86. The average Bonchev–Trinajstić information content (AvgIpc) is 2.38. The van der Waals surface area contributed by atoms with Crippen LogP contribution in [-0.4, -0.2) is 31.0 Å². The van der Waals surface area contributed by atoms with Gasteiger partial charge >= 0.3 is 18.1 Å². The Labute approximate surface area is 121 Å². The maximum Gasteiger partial charge on any atom is 0.511 e. The molecule has 21 heavy (non-hydrogen) atoms. The fourth-order valence-electron chi connectivity index (χ4n) is 1.40. The number of carbonyl (C=O) groups is 3. The number of para-hydroxylation sites is 1. The van der Waals surface area contributed by atoms with E-state index >= 15 is 0 Å². The minimum absolute atomic E-state index is 0.0482. The predicted octanol–water partition coefficient (Wildman–Crippen LogP) is 2.29. The molecule has 114 valence electrons. The van der Waals surface area contributed by atoms with E-state index in [0.717, 1.165) is 0 Å². The summed E-state index contributed by atoms with van der Waals surface area (Å²) >= 11 is 0. The lowest BCUT2D eigenvalue weighted by molar-refractivity contribution is -0.131. The third kappa shape index (κ3) is 5.52. The fourth-order valence-corrected chi connectivity index (χ4v) is 1.40. The third-order valence-electron chi connectivity index (χ3n) is 2.16. The quantitative estimate of drug-likeness (QED) is 0.468. The van der Waals surface area contributed by atoms with Crippen LogP contribution in [0.3, 0.4) is 0 Å². The molecule has 0 saturated carbocycles. The second kappa shape index (κ2) is 7.88. The Bertz CT molecular complexity index is 524. The van der Waals surface area contributed by atoms with Crippen LogP contribution < -0.4 is 4.74 Å². The van der Waals surface area contributed by atoms with Crippen molar-refractivity contribution in [1.82, 2.24) is 0 Å². The first-order chi connectivity index (χ1) is 9.93. The van der Waals surface area contributed by atoms with Crippen molar-refractivity contribution < 1.29 is 33.3 Å². The van der Waals surface area contributed by atoms with Crippen LogP contribution in [0.1, 0.15) is 31.1 Å². The van der Waals surface area contributed by atoms with Crippen molar-refractivity contribution in [3.63, 3.8) is 0 Å². The van der Waals surface area contributed by atoms with Gasteiger partial charge in [0.15, 0.2) is 0 Å². The smallest absolute Gasteiger partial charge is 0.435 e. The molecule has 0 fully saturated rings. The van der Waals surface area contributed by atoms with Crippen LogP contribution in [0.5, 0.6) is 5.75 Å². The zero-order valence-electron chi connectivity index (χ0n) is 12.0. The van der Waals surface area contributed by atoms with Gasteiger partial charge in [0.2, 0.25) is 6.29 Å². The zero-order valence-corrected chi connectivity index (χ0v) is 12.0. The van der Waals surface area contributed by atoms with Crippen molar-refractivity contribution in [3.8, 4) is 5.75 Å². The molecular weight excluding hydrogens is 280 g/mol. The molecule has 0 radical (unpaired) electrons. The van der Waals surface area contributed by atoms with Gasteiger partial charge in [-0.2, -0.15) is 0 Å². The van der Waals surface area contributed by atoms with Gasteiger partial charge in [-0.15, -0.1) is 0 Å². The van der Waals surface area contributed by atoms with E-state index in [1.54, 1.807) is 19.1 Å². The molecule has 0 aliphatic rings. The Hall–Kier alpha value is -2.57. The number of hydrogen-bond donors (Lipinski definition) is 0. The number of esters is 2. The van der Waals surface area contributed by atoms with Crippen LogP contribution >= 0.6 is 0 Å². The molecule has 0 aliphatic heterocycles. The Morgan fingerprint density at radius 2 is 1.81 bits per heavy atom. The van der Waals surface area contributed by atoms with Gasteiger partial charge in [-0.25, -0.2) is 9.59 Å². The molecule has 0 saturated heterocycles. The van der Waals surface area contributed by atoms with Gasteiger partial charge in [-0.05, 0) is 19.1 Å². The highest BCUT2D eigenvalue weighted by atomic mass is 16.8. The number of hydrogen-bond acceptors (Lipinski definition) is 7. The highest BCUT2D eigenvalue weighted by Crippen LogP contribution is 2.20. The number of ether oxygens (including phenoxy) is 4. The summed E-state index contributed by atoms with van der Waals surface area (Å²) in [6.45, 7) is 4.35. The van der Waals surface area contributed by atoms with Crippen LogP contribution in [0.2, 0.25) is 0 Å². The first-order valence-electron chi connectivity index (χ1n) is 6.25. The summed E-state index contributed by atoms with van der Waals surface area (Å²) in [5.74, 6) is -1.28. The normalized spacial score (nSPS) is 11.2. The summed E-state index contributed by atoms with van der Waals surface area (Å²) in [7, 11) is 0. The van der Waals surface area contributed by atoms with E-state index in [4.69, 9.17) is 14.2 Å². The molecule has 0 aliphatic carbocycles. The van der Waals surface area contributed by atoms with Crippen LogP contribution in [0.4, 0.5) is 4.79 Å². The summed E-state index contributed by atoms with van der Waals surface area (Å²) in [6, 6.07) is 6.07. The van der Waals surface area contributed by atoms with E-state index in [9.17, 15) is 14.4 Å². The minimum atomic E-state index is -1.14. The predicted molar refractivity (Wildman–Crippen MR) is 70.7 cm³/mol. The maximum atomic E-state index is 12.0. The lowest BCUT2D eigenvalue weighted by atomic mass is 10.2. The van der Waals surface area contributed by atoms with Gasteiger partial charge in [0.05, 0.1) is 6.61 Å². The summed E-state index contributed by atoms with van der Waals surface area (Å²) in [6.07, 6.45) is -2.08. The van der Waals surface area contributed by atoms with Gasteiger partial charge in [0.25, 0.3) is 0 Å². The lowest BCUT2D eigenvalue weighted by Gasteiger charge is -2.14. The molecule has 0 amide bonds. The van der Waals surface area contributed by atoms with Gasteiger partial charge in [0.1, 0.15) is 11.3 Å². The highest BCUT2D eigenvalue weighted by Gasteiger charge is 2.19. The zero-order chi connectivity index (χ0) is 15.8. The van der Waals surface area contributed by atoms with Crippen LogP contribution in [0, 0.1) is 0 Å². The topological polar surface area (TPSA) is 88.1 Å². The molecular formula is C14H16O7. The van der Waals surface area contributed by atoms with E-state index in [1.165, 1.54) is 26.0 Å². The lowest BCUT2D eigenvalue weighted by Crippen LogP contribution is -2.22. The number of benzene rings is 1. The summed E-state index contributed by atoms with van der Waals surface area (Å²) in [5.41, 5.74) is 0.0482. The van der Waals surface area contributed by atoms with E-state index in [1.807, 2.05) is 0 Å². The molecule has 1 rings (SSSR count). The van der Waals surface area contributed by atoms with E-state index in [0.29, 0.717) is 0 Å². The summed E-state index contributed by atoms with van der Waals surface area (Å²) in [4.78, 5) is 34.0. The molecule has 0 N–H and O–H groups in total. The van der Waals surface area contributed by atoms with E-state index in [-0.39, 0.29) is 17.9 Å². The third-order valence-corrected chi connectivity index (χ3v) is 2.16. The molecule has 1 aromatic rings. The number of rotatable bonds is 5. The van der Waals surface area contributed by atoms with Crippen LogP contribution in [-0.2, 0) is 19.0 Å². The molecule has 0 spiro atoms. The molecule has 1 aromatic carbocycles. The highest BCUT2D eigenvalue weighted by molar-refractivity contribution is 5.93. The average molecular weight is 296 g/mol. The fraction of sp³-hybridized carbons (Fsp3) is 0.357. The van der Waals surface area contributed by atoms with Crippen LogP contribution in [0.15, 0.2) is 24.3 Å². The standard InChI is InChI=1S/C14H16O7/c1-4-18-14(17)21-10(3)20-13(16)11-7-5-6-8-12(11)19-9(2)15/h5-8,10H,4H2,1-3H3. The van der Waals surface area contributed by atoms with Crippen molar-refractivity contribution in [2.45, 2.75) is 27.1 Å². The molecule has 1 unspecified atom stereocenters. The van der Waals surface area contributed by atoms with E-state index < -0.39 is 24.4 Å². The second-order valence-electron chi connectivity index (χ2n) is 3.86. The number of carbonyl (C=O) groups excluding carboxylic acids is 3. The van der Waals surface area contributed by atoms with Gasteiger partial charge in [-0.1, -0.05) is 12.1 Å². The summed E-state index contributed by atoms with van der Waals surface area (Å²) < 4.78 is 19.1. The molecule has 1 atom stereocenters. The SMILES string of the molecule is CCOC(=O)OC(C)OC(=O)c1ccccc1OC(C)=O. The Balaban J connectivity index is 2.71. The van der Waals surface area contributed by atoms with Gasteiger partial charge in [0, 0.05) is 13.8 Å². The maximum absolute atomic E-state index is 12.0. The van der Waals surface area contributed by atoms with Gasteiger partial charge < -0.3 is 18.9 Å². The van der Waals surface area contributed by atoms with Crippen molar-refractivity contribution in [1.29, 1.82) is 0 Å². The van der Waals surface area contributed by atoms with E-state index in [2.05, 4.69) is 4.74 Å². The molecule has 7 nitrogen and oxygen atoms in total. The monoisotopic (exact) mass is 296 g/mol. The first-order valence-corrected chi connectivity index (χ1v) is 6.25. The van der Waals surface area contributed by atoms with Gasteiger partial charge in [-0.3, -0.25) is 4.79 Å². The molecule has 0 bridgehead atoms. The molecule has 7 heteroatoms. The molecule has 0 heterocycles. The van der Waals surface area contributed by atoms with Crippen molar-refractivity contribution >= 4 is 18.1 Å². The van der Waals surface area contributed by atoms with Crippen LogP contribution in [0.25, 0.3) is 0 Å². The Morgan fingerprint density at radius 3 is 2.43 bits per heavy atom.